The number of H-pyrrole nitrogens is 1. The number of nitrogens with one attached hydrogen (secondary N) is 2. The standard InChI is InChI=1S/C28H21N3O5S2/c32-20(29-17-9-3-1-4-10-17)15-36-19-13-7-8-16(14-19)21-22-24(37-25-23(21)38-28(35)30-25)27(34)31(26(22)33)18-11-5-2-6-12-18/h1-14,21-22,24H,15H2,(H,29,32)(H,30,35). The molecule has 190 valence electrons. The fraction of sp³-hybridized carbons (Fsp3) is 0.143. The first-order valence-corrected chi connectivity index (χ1v) is 13.6. The molecule has 2 N–H and O–H groups in total. The van der Waals surface area contributed by atoms with Crippen molar-refractivity contribution in [3.05, 3.63) is 105 Å². The Labute approximate surface area is 225 Å². The highest BCUT2D eigenvalue weighted by atomic mass is 32.2. The largest absolute Gasteiger partial charge is 0.484 e. The fourth-order valence-corrected chi connectivity index (χ4v) is 7.39. The maximum atomic E-state index is 13.7. The number of carbonyl (C=O) groups is 3. The highest BCUT2D eigenvalue weighted by Crippen LogP contribution is 2.53. The van der Waals surface area contributed by atoms with E-state index in [1.807, 2.05) is 30.3 Å². The number of benzene rings is 3. The van der Waals surface area contributed by atoms with E-state index < -0.39 is 17.1 Å². The molecule has 1 aromatic heterocycles. The molecule has 0 aliphatic carbocycles. The summed E-state index contributed by atoms with van der Waals surface area (Å²) < 4.78 is 5.77. The van der Waals surface area contributed by atoms with Crippen LogP contribution in [0.4, 0.5) is 11.4 Å². The summed E-state index contributed by atoms with van der Waals surface area (Å²) in [5.74, 6) is -1.68. The number of nitrogens with zero attached hydrogens (tertiary/aromatic N) is 1. The van der Waals surface area contributed by atoms with Crippen LogP contribution in [0.1, 0.15) is 16.4 Å². The molecule has 38 heavy (non-hydrogen) atoms. The highest BCUT2D eigenvalue weighted by Gasteiger charge is 2.56. The zero-order chi connectivity index (χ0) is 26.2. The fourth-order valence-electron chi connectivity index (χ4n) is 4.87. The summed E-state index contributed by atoms with van der Waals surface area (Å²) in [6, 6.07) is 25.1. The first-order chi connectivity index (χ1) is 18.5. The number of para-hydroxylation sites is 2. The van der Waals surface area contributed by atoms with Gasteiger partial charge >= 0.3 is 4.87 Å². The number of ether oxygens (including phenoxy) is 1. The molecule has 0 bridgehead atoms. The molecule has 10 heteroatoms. The molecule has 3 unspecified atom stereocenters. The molecular weight excluding hydrogens is 522 g/mol. The van der Waals surface area contributed by atoms with Crippen LogP contribution in [0.15, 0.2) is 94.7 Å². The average Bonchev–Trinajstić information content (AvgIpc) is 3.42. The van der Waals surface area contributed by atoms with Crippen molar-refractivity contribution in [1.29, 1.82) is 0 Å². The van der Waals surface area contributed by atoms with Crippen LogP contribution in [0.3, 0.4) is 0 Å². The van der Waals surface area contributed by atoms with Crippen LogP contribution in [0.25, 0.3) is 0 Å². The first-order valence-electron chi connectivity index (χ1n) is 11.9. The number of hydrogen-bond donors (Lipinski definition) is 2. The Kier molecular flexibility index (Phi) is 6.34. The second-order valence-corrected chi connectivity index (χ2v) is 11.0. The Morgan fingerprint density at radius 1 is 0.921 bits per heavy atom. The smallest absolute Gasteiger partial charge is 0.305 e. The van der Waals surface area contributed by atoms with Gasteiger partial charge in [0.15, 0.2) is 6.61 Å². The third kappa shape index (κ3) is 4.42. The van der Waals surface area contributed by atoms with Gasteiger partial charge in [0, 0.05) is 16.5 Å². The number of amides is 3. The summed E-state index contributed by atoms with van der Waals surface area (Å²) >= 11 is 2.28. The minimum atomic E-state index is -0.691. The Bertz CT molecular complexity index is 1580. The number of aromatic nitrogens is 1. The van der Waals surface area contributed by atoms with Gasteiger partial charge in [-0.1, -0.05) is 71.6 Å². The summed E-state index contributed by atoms with van der Waals surface area (Å²) in [6.45, 7) is -0.202. The number of imide groups is 1. The van der Waals surface area contributed by atoms with Crippen LogP contribution in [-0.4, -0.2) is 34.6 Å². The predicted octanol–water partition coefficient (Wildman–Crippen LogP) is 4.25. The van der Waals surface area contributed by atoms with Gasteiger partial charge in [-0.15, -0.1) is 0 Å². The third-order valence-electron chi connectivity index (χ3n) is 6.48. The van der Waals surface area contributed by atoms with Crippen molar-refractivity contribution in [1.82, 2.24) is 4.98 Å². The van der Waals surface area contributed by atoms with Gasteiger partial charge < -0.3 is 15.0 Å². The van der Waals surface area contributed by atoms with E-state index in [1.54, 1.807) is 54.6 Å². The Morgan fingerprint density at radius 3 is 2.42 bits per heavy atom. The third-order valence-corrected chi connectivity index (χ3v) is 8.88. The SMILES string of the molecule is O=C(COc1cccc(C2c3sc(=O)[nH]c3SC3C(=O)N(c4ccccc4)C(=O)C32)c1)Nc1ccccc1. The number of rotatable bonds is 6. The van der Waals surface area contributed by atoms with Crippen LogP contribution >= 0.6 is 23.1 Å². The number of thiazole rings is 1. The van der Waals surface area contributed by atoms with Gasteiger partial charge in [0.05, 0.1) is 16.6 Å². The maximum Gasteiger partial charge on any atom is 0.305 e. The zero-order valence-electron chi connectivity index (χ0n) is 19.8. The van der Waals surface area contributed by atoms with Crippen molar-refractivity contribution >= 4 is 52.2 Å². The summed E-state index contributed by atoms with van der Waals surface area (Å²) in [5.41, 5.74) is 1.92. The van der Waals surface area contributed by atoms with E-state index >= 15 is 0 Å². The second kappa shape index (κ2) is 9.96. The van der Waals surface area contributed by atoms with Gasteiger partial charge in [-0.3, -0.25) is 19.2 Å². The topological polar surface area (TPSA) is 109 Å². The Morgan fingerprint density at radius 2 is 1.66 bits per heavy atom. The molecule has 0 saturated carbocycles. The number of anilines is 2. The van der Waals surface area contributed by atoms with E-state index in [0.717, 1.165) is 21.8 Å². The van der Waals surface area contributed by atoms with E-state index in [0.29, 0.717) is 22.2 Å². The monoisotopic (exact) mass is 543 g/mol. The second-order valence-electron chi connectivity index (χ2n) is 8.87. The quantitative estimate of drug-likeness (QED) is 0.352. The summed E-state index contributed by atoms with van der Waals surface area (Å²) in [4.78, 5) is 56.4. The zero-order valence-corrected chi connectivity index (χ0v) is 21.5. The van der Waals surface area contributed by atoms with Gasteiger partial charge in [-0.2, -0.15) is 0 Å². The molecule has 6 rings (SSSR count). The van der Waals surface area contributed by atoms with E-state index in [2.05, 4.69) is 10.3 Å². The number of carbonyl (C=O) groups excluding carboxylic acids is 3. The summed E-state index contributed by atoms with van der Waals surface area (Å²) in [6.07, 6.45) is 0. The molecule has 0 radical (unpaired) electrons. The molecule has 8 nitrogen and oxygen atoms in total. The first kappa shape index (κ1) is 24.2. The molecule has 1 saturated heterocycles. The number of aromatic amines is 1. The van der Waals surface area contributed by atoms with Gasteiger partial charge in [-0.25, -0.2) is 4.90 Å². The van der Waals surface area contributed by atoms with E-state index in [4.69, 9.17) is 4.74 Å². The number of hydrogen-bond acceptors (Lipinski definition) is 7. The minimum Gasteiger partial charge on any atom is -0.484 e. The lowest BCUT2D eigenvalue weighted by Crippen LogP contribution is -2.32. The van der Waals surface area contributed by atoms with Crippen LogP contribution in [0, 0.1) is 5.92 Å². The predicted molar refractivity (Wildman–Crippen MR) is 146 cm³/mol. The minimum absolute atomic E-state index is 0.202. The highest BCUT2D eigenvalue weighted by molar-refractivity contribution is 8.00. The number of thioether (sulfide) groups is 1. The van der Waals surface area contributed by atoms with E-state index in [1.165, 1.54) is 16.7 Å². The lowest BCUT2D eigenvalue weighted by atomic mass is 9.83. The Balaban J connectivity index is 1.30. The molecule has 4 aromatic rings. The van der Waals surface area contributed by atoms with Crippen LogP contribution < -0.4 is 19.8 Å². The molecule has 0 spiro atoms. The molecule has 3 heterocycles. The molecule has 2 aliphatic heterocycles. The molecular formula is C28H21N3O5S2. The van der Waals surface area contributed by atoms with Gasteiger partial charge in [0.25, 0.3) is 5.91 Å². The molecule has 3 aromatic carbocycles. The van der Waals surface area contributed by atoms with Crippen molar-refractivity contribution in [3.63, 3.8) is 0 Å². The van der Waals surface area contributed by atoms with Crippen LogP contribution in [-0.2, 0) is 14.4 Å². The van der Waals surface area contributed by atoms with Crippen molar-refractivity contribution in [2.24, 2.45) is 5.92 Å². The van der Waals surface area contributed by atoms with Crippen LogP contribution in [0.5, 0.6) is 5.75 Å². The normalized spacial score (nSPS) is 20.1. The molecule has 1 fully saturated rings. The van der Waals surface area contributed by atoms with Crippen molar-refractivity contribution < 1.29 is 19.1 Å². The van der Waals surface area contributed by atoms with Crippen molar-refractivity contribution in [3.8, 4) is 5.75 Å². The summed E-state index contributed by atoms with van der Waals surface area (Å²) in [7, 11) is 0. The lowest BCUT2D eigenvalue weighted by Gasteiger charge is -2.30. The maximum absolute atomic E-state index is 13.7. The number of fused-ring (bicyclic) bond motifs is 2. The molecule has 3 amide bonds. The van der Waals surface area contributed by atoms with E-state index in [-0.39, 0.29) is 29.2 Å². The van der Waals surface area contributed by atoms with Gasteiger partial charge in [0.1, 0.15) is 11.0 Å². The lowest BCUT2D eigenvalue weighted by molar-refractivity contribution is -0.122. The van der Waals surface area contributed by atoms with Crippen molar-refractivity contribution in [2.45, 2.75) is 16.2 Å². The van der Waals surface area contributed by atoms with Crippen LogP contribution in [0.2, 0.25) is 0 Å². The van der Waals surface area contributed by atoms with Gasteiger partial charge in [-0.05, 0) is 42.0 Å². The van der Waals surface area contributed by atoms with Gasteiger partial charge in [0.2, 0.25) is 11.8 Å². The average molecular weight is 544 g/mol. The molecule has 2 aliphatic rings. The molecule has 3 atom stereocenters. The Hall–Kier alpha value is -4.15. The van der Waals surface area contributed by atoms with E-state index in [9.17, 15) is 19.2 Å². The van der Waals surface area contributed by atoms with Crippen molar-refractivity contribution in [2.75, 3.05) is 16.8 Å². The summed E-state index contributed by atoms with van der Waals surface area (Å²) in [5, 5.41) is 2.71.